The van der Waals surface area contributed by atoms with E-state index in [4.69, 9.17) is 0 Å². The first-order valence-electron chi connectivity index (χ1n) is 5.93. The number of carbonyl (C=O) groups is 1. The zero-order valence-electron chi connectivity index (χ0n) is 9.80. The molecule has 0 aromatic rings. The molecule has 1 aliphatic rings. The van der Waals surface area contributed by atoms with E-state index >= 15 is 0 Å². The van der Waals surface area contributed by atoms with Crippen molar-refractivity contribution in [3.05, 3.63) is 0 Å². The van der Waals surface area contributed by atoms with Gasteiger partial charge in [0, 0.05) is 0 Å². The predicted octanol–water partition coefficient (Wildman–Crippen LogP) is 2.87. The molecule has 0 spiro atoms. The van der Waals surface area contributed by atoms with Gasteiger partial charge in [-0.1, -0.05) is 45.4 Å². The van der Waals surface area contributed by atoms with Crippen molar-refractivity contribution in [2.45, 2.75) is 51.9 Å². The molecule has 1 saturated carbocycles. The molecule has 2 nitrogen and oxygen atoms in total. The number of hydrogen-bond donors (Lipinski definition) is 0. The van der Waals surface area contributed by atoms with Crippen LogP contribution in [-0.2, 0) is 4.79 Å². The Morgan fingerprint density at radius 2 is 1.50 bits per heavy atom. The van der Waals surface area contributed by atoms with Crippen LogP contribution in [0.5, 0.6) is 0 Å². The van der Waals surface area contributed by atoms with Gasteiger partial charge in [0.2, 0.25) is 0 Å². The highest BCUT2D eigenvalue weighted by Crippen LogP contribution is 2.15. The molecular weight excluding hydrogens is 174 g/mol. The van der Waals surface area contributed by atoms with Crippen molar-refractivity contribution in [3.8, 4) is 0 Å². The van der Waals surface area contributed by atoms with E-state index < -0.39 is 0 Å². The van der Waals surface area contributed by atoms with Gasteiger partial charge in [0.05, 0.1) is 6.54 Å². The van der Waals surface area contributed by atoms with Crippen LogP contribution in [0.15, 0.2) is 0 Å². The molecule has 0 aromatic carbocycles. The van der Waals surface area contributed by atoms with Gasteiger partial charge in [-0.3, -0.25) is 4.90 Å². The van der Waals surface area contributed by atoms with Crippen molar-refractivity contribution < 1.29 is 4.79 Å². The van der Waals surface area contributed by atoms with Crippen LogP contribution in [0.25, 0.3) is 0 Å². The number of likely N-dealkylation sites (N-methyl/N-ethyl adjacent to an activating group) is 1. The first-order chi connectivity index (χ1) is 6.81. The predicted molar refractivity (Wildman–Crippen MR) is 61.6 cm³/mol. The minimum absolute atomic E-state index is 0.563. The van der Waals surface area contributed by atoms with Gasteiger partial charge >= 0.3 is 0 Å². The quantitative estimate of drug-likeness (QED) is 0.649. The van der Waals surface area contributed by atoms with Crippen molar-refractivity contribution in [3.63, 3.8) is 0 Å². The Morgan fingerprint density at radius 3 is 1.79 bits per heavy atom. The van der Waals surface area contributed by atoms with Crippen molar-refractivity contribution in [1.82, 2.24) is 4.90 Å². The monoisotopic (exact) mass is 199 g/mol. The van der Waals surface area contributed by atoms with E-state index in [0.29, 0.717) is 6.54 Å². The number of carbonyl (C=O) groups excluding carboxylic acids is 1. The van der Waals surface area contributed by atoms with E-state index in [0.717, 1.165) is 19.3 Å². The van der Waals surface area contributed by atoms with Gasteiger partial charge in [-0.05, 0) is 20.0 Å². The van der Waals surface area contributed by atoms with Crippen molar-refractivity contribution in [1.29, 1.82) is 0 Å². The molecule has 1 fully saturated rings. The third-order valence-electron chi connectivity index (χ3n) is 2.49. The molecule has 0 aliphatic heterocycles. The van der Waals surface area contributed by atoms with Crippen LogP contribution in [-0.4, -0.2) is 31.3 Å². The molecule has 0 bridgehead atoms. The molecular formula is C12H25NO. The first kappa shape index (κ1) is 13.6. The van der Waals surface area contributed by atoms with Crippen LogP contribution in [0.2, 0.25) is 0 Å². The maximum atomic E-state index is 9.85. The molecule has 0 N–H and O–H groups in total. The maximum Gasteiger partial charge on any atom is 0.133 e. The summed E-state index contributed by atoms with van der Waals surface area (Å²) in [5, 5.41) is 0. The topological polar surface area (TPSA) is 20.3 Å². The summed E-state index contributed by atoms with van der Waals surface area (Å²) in [5.41, 5.74) is 0. The molecule has 0 saturated heterocycles. The second kappa shape index (κ2) is 10.7. The zero-order valence-corrected chi connectivity index (χ0v) is 9.80. The van der Waals surface area contributed by atoms with Crippen LogP contribution < -0.4 is 0 Å². The Hall–Kier alpha value is -0.370. The summed E-state index contributed by atoms with van der Waals surface area (Å²) >= 11 is 0. The van der Waals surface area contributed by atoms with Gasteiger partial charge in [-0.2, -0.15) is 0 Å². The number of aldehydes is 1. The number of hydrogen-bond acceptors (Lipinski definition) is 2. The zero-order chi connectivity index (χ0) is 10.6. The SMILES string of the molecule is C1CCCCC1.CCCN(C)CC=O. The number of nitrogens with zero attached hydrogens (tertiary/aromatic N) is 1. The Balaban J connectivity index is 0.000000249. The normalized spacial score (nSPS) is 15.9. The Kier molecular flexibility index (Phi) is 10.4. The van der Waals surface area contributed by atoms with Gasteiger partial charge in [0.1, 0.15) is 6.29 Å². The lowest BCUT2D eigenvalue weighted by Gasteiger charge is -2.09. The molecule has 2 heteroatoms. The van der Waals surface area contributed by atoms with Crippen molar-refractivity contribution >= 4 is 6.29 Å². The minimum Gasteiger partial charge on any atom is -0.302 e. The van der Waals surface area contributed by atoms with Crippen LogP contribution in [0, 0.1) is 0 Å². The third-order valence-corrected chi connectivity index (χ3v) is 2.49. The lowest BCUT2D eigenvalue weighted by atomic mass is 10.0. The van der Waals surface area contributed by atoms with Crippen LogP contribution in [0.1, 0.15) is 51.9 Å². The van der Waals surface area contributed by atoms with Crippen LogP contribution >= 0.6 is 0 Å². The minimum atomic E-state index is 0.563. The van der Waals surface area contributed by atoms with E-state index in [1.807, 2.05) is 11.9 Å². The fourth-order valence-corrected chi connectivity index (χ4v) is 1.66. The van der Waals surface area contributed by atoms with Gasteiger partial charge < -0.3 is 4.79 Å². The summed E-state index contributed by atoms with van der Waals surface area (Å²) in [5.74, 6) is 0. The highest BCUT2D eigenvalue weighted by molar-refractivity contribution is 5.51. The Bertz CT molecular complexity index is 110. The van der Waals surface area contributed by atoms with Crippen molar-refractivity contribution in [2.24, 2.45) is 0 Å². The van der Waals surface area contributed by atoms with E-state index in [2.05, 4.69) is 6.92 Å². The highest BCUT2D eigenvalue weighted by Gasteiger charge is 1.95. The highest BCUT2D eigenvalue weighted by atomic mass is 16.1. The molecule has 0 aromatic heterocycles. The average molecular weight is 199 g/mol. The second-order valence-electron chi connectivity index (χ2n) is 4.05. The Morgan fingerprint density at radius 1 is 1.07 bits per heavy atom. The van der Waals surface area contributed by atoms with Gasteiger partial charge in [0.15, 0.2) is 0 Å². The fraction of sp³-hybridized carbons (Fsp3) is 0.917. The molecule has 0 heterocycles. The molecule has 1 aliphatic carbocycles. The van der Waals surface area contributed by atoms with E-state index in [1.165, 1.54) is 38.5 Å². The maximum absolute atomic E-state index is 9.85. The summed E-state index contributed by atoms with van der Waals surface area (Å²) in [6.45, 7) is 3.67. The standard InChI is InChI=1S/C6H13NO.C6H12/c1-3-4-7(2)5-6-8;1-2-4-6-5-3-1/h6H,3-5H2,1-2H3;1-6H2. The van der Waals surface area contributed by atoms with Gasteiger partial charge in [-0.15, -0.1) is 0 Å². The summed E-state index contributed by atoms with van der Waals surface area (Å²) in [7, 11) is 1.94. The average Bonchev–Trinajstić information content (AvgIpc) is 2.22. The van der Waals surface area contributed by atoms with Crippen LogP contribution in [0.4, 0.5) is 0 Å². The summed E-state index contributed by atoms with van der Waals surface area (Å²) < 4.78 is 0. The molecule has 0 unspecified atom stereocenters. The molecule has 1 rings (SSSR count). The largest absolute Gasteiger partial charge is 0.302 e. The van der Waals surface area contributed by atoms with Crippen molar-refractivity contribution in [2.75, 3.05) is 20.1 Å². The fourth-order valence-electron chi connectivity index (χ4n) is 1.66. The van der Waals surface area contributed by atoms with Gasteiger partial charge in [-0.25, -0.2) is 0 Å². The summed E-state index contributed by atoms with van der Waals surface area (Å²) in [4.78, 5) is 11.8. The molecule has 0 atom stereocenters. The van der Waals surface area contributed by atoms with Gasteiger partial charge in [0.25, 0.3) is 0 Å². The van der Waals surface area contributed by atoms with E-state index in [-0.39, 0.29) is 0 Å². The lowest BCUT2D eigenvalue weighted by Crippen LogP contribution is -2.20. The van der Waals surface area contributed by atoms with E-state index in [1.54, 1.807) is 0 Å². The van der Waals surface area contributed by atoms with E-state index in [9.17, 15) is 4.79 Å². The summed E-state index contributed by atoms with van der Waals surface area (Å²) in [6, 6.07) is 0. The smallest absolute Gasteiger partial charge is 0.133 e. The molecule has 0 amide bonds. The first-order valence-corrected chi connectivity index (χ1v) is 5.93. The number of rotatable bonds is 4. The molecule has 0 radical (unpaired) electrons. The second-order valence-corrected chi connectivity index (χ2v) is 4.05. The molecule has 84 valence electrons. The summed E-state index contributed by atoms with van der Waals surface area (Å²) in [6.07, 6.45) is 11.0. The third kappa shape index (κ3) is 9.72. The van der Waals surface area contributed by atoms with Crippen LogP contribution in [0.3, 0.4) is 0 Å². The lowest BCUT2D eigenvalue weighted by molar-refractivity contribution is -0.108. The Labute approximate surface area is 88.7 Å². The molecule has 14 heavy (non-hydrogen) atoms.